The summed E-state index contributed by atoms with van der Waals surface area (Å²) in [5.41, 5.74) is 2.96. The normalized spacial score (nSPS) is 34.3. The zero-order valence-electron chi connectivity index (χ0n) is 20.3. The Balaban J connectivity index is 1.53. The third kappa shape index (κ3) is 6.56. The SMILES string of the molecule is [2H]C(=C=CO[C@@H]1[C@H]2OC(C)(C)O[C@H]2O[C@@H]1[C@H]1COC(C)(C)O1)CCCCCCCCC. The van der Waals surface area contributed by atoms with Gasteiger partial charge in [0, 0.05) is 0 Å². The summed E-state index contributed by atoms with van der Waals surface area (Å²) in [5.74, 6) is -1.39. The van der Waals surface area contributed by atoms with Crippen molar-refractivity contribution >= 4 is 0 Å². The lowest BCUT2D eigenvalue weighted by Crippen LogP contribution is -2.43. The first-order valence-corrected chi connectivity index (χ1v) is 11.6. The number of hydrogen-bond donors (Lipinski definition) is 0. The van der Waals surface area contributed by atoms with Crippen molar-refractivity contribution in [3.8, 4) is 0 Å². The molecular weight excluding hydrogens is 384 g/mol. The Kier molecular flexibility index (Phi) is 7.90. The van der Waals surface area contributed by atoms with Crippen LogP contribution in [0.25, 0.3) is 0 Å². The Morgan fingerprint density at radius 1 is 0.967 bits per heavy atom. The Labute approximate surface area is 183 Å². The number of fused-ring (bicyclic) bond motifs is 1. The van der Waals surface area contributed by atoms with E-state index in [4.69, 9.17) is 29.8 Å². The minimum atomic E-state index is -0.731. The molecule has 0 saturated carbocycles. The maximum atomic E-state index is 8.13. The average molecular weight is 426 g/mol. The first kappa shape index (κ1) is 22.3. The van der Waals surface area contributed by atoms with Gasteiger partial charge in [-0.15, -0.1) is 0 Å². The van der Waals surface area contributed by atoms with E-state index in [-0.39, 0.29) is 18.3 Å². The molecule has 0 aliphatic carbocycles. The van der Waals surface area contributed by atoms with E-state index in [1.165, 1.54) is 38.4 Å². The zero-order valence-corrected chi connectivity index (χ0v) is 19.3. The topological polar surface area (TPSA) is 55.4 Å². The molecule has 0 spiro atoms. The van der Waals surface area contributed by atoms with E-state index in [2.05, 4.69) is 12.7 Å². The van der Waals surface area contributed by atoms with Crippen LogP contribution in [0.2, 0.25) is 0 Å². The lowest BCUT2D eigenvalue weighted by molar-refractivity contribution is -0.232. The smallest absolute Gasteiger partial charge is 0.191 e. The predicted molar refractivity (Wildman–Crippen MR) is 114 cm³/mol. The summed E-state index contributed by atoms with van der Waals surface area (Å²) in [4.78, 5) is 0. The van der Waals surface area contributed by atoms with Gasteiger partial charge in [-0.3, -0.25) is 0 Å². The zero-order chi connectivity index (χ0) is 22.5. The summed E-state index contributed by atoms with van der Waals surface area (Å²) in [6.07, 6.45) is 8.82. The highest BCUT2D eigenvalue weighted by Crippen LogP contribution is 2.41. The third-order valence-electron chi connectivity index (χ3n) is 5.72. The average Bonchev–Trinajstić information content (AvgIpc) is 3.30. The van der Waals surface area contributed by atoms with Gasteiger partial charge in [0.05, 0.1) is 7.98 Å². The lowest BCUT2D eigenvalue weighted by Gasteiger charge is -2.28. The van der Waals surface area contributed by atoms with Crippen LogP contribution in [0.5, 0.6) is 0 Å². The van der Waals surface area contributed by atoms with Crippen LogP contribution in [0, 0.1) is 0 Å². The van der Waals surface area contributed by atoms with E-state index >= 15 is 0 Å². The van der Waals surface area contributed by atoms with Crippen molar-refractivity contribution in [2.24, 2.45) is 0 Å². The van der Waals surface area contributed by atoms with Crippen LogP contribution in [0.15, 0.2) is 18.0 Å². The molecule has 3 rings (SSSR count). The molecular formula is C24H40O6. The van der Waals surface area contributed by atoms with E-state index in [9.17, 15) is 0 Å². The molecule has 5 atom stereocenters. The van der Waals surface area contributed by atoms with E-state index in [0.717, 1.165) is 12.8 Å². The Hall–Kier alpha value is -0.880. The van der Waals surface area contributed by atoms with Gasteiger partial charge in [0.25, 0.3) is 0 Å². The van der Waals surface area contributed by atoms with Crippen molar-refractivity contribution in [1.82, 2.24) is 0 Å². The first-order valence-electron chi connectivity index (χ1n) is 12.1. The number of unbranched alkanes of at least 4 members (excludes halogenated alkanes) is 6. The molecule has 6 heteroatoms. The van der Waals surface area contributed by atoms with Gasteiger partial charge in [0.15, 0.2) is 30.1 Å². The van der Waals surface area contributed by atoms with Gasteiger partial charge < -0.3 is 28.4 Å². The van der Waals surface area contributed by atoms with E-state index in [0.29, 0.717) is 19.1 Å². The van der Waals surface area contributed by atoms with Crippen molar-refractivity contribution in [2.75, 3.05) is 6.61 Å². The van der Waals surface area contributed by atoms with E-state index in [1.54, 1.807) is 0 Å². The summed E-state index contributed by atoms with van der Waals surface area (Å²) in [7, 11) is 0. The summed E-state index contributed by atoms with van der Waals surface area (Å²) < 4.78 is 43.9. The van der Waals surface area contributed by atoms with E-state index in [1.807, 2.05) is 27.7 Å². The van der Waals surface area contributed by atoms with Crippen LogP contribution in [0.3, 0.4) is 0 Å². The molecule has 0 N–H and O–H groups in total. The van der Waals surface area contributed by atoms with Gasteiger partial charge in [0.1, 0.15) is 18.5 Å². The third-order valence-corrected chi connectivity index (χ3v) is 5.72. The van der Waals surface area contributed by atoms with Gasteiger partial charge in [-0.05, 0) is 46.6 Å². The molecule has 0 aromatic rings. The molecule has 3 aliphatic heterocycles. The van der Waals surface area contributed by atoms with Gasteiger partial charge in [-0.2, -0.15) is 0 Å². The molecule has 30 heavy (non-hydrogen) atoms. The predicted octanol–water partition coefficient (Wildman–Crippen LogP) is 5.21. The standard InChI is InChI=1S/C24H40O6/c1-6-7-8-9-10-11-12-13-14-15-16-25-20-19(18-17-26-23(2,3)28-18)27-22-21(20)29-24(4,5)30-22/h14,16,18-22H,6-13,17H2,1-5H3/t15?,18-,19-,20+,21-,22-/m1/s1/i14D. The number of hydrogen-bond acceptors (Lipinski definition) is 6. The molecule has 3 fully saturated rings. The molecule has 6 nitrogen and oxygen atoms in total. The molecule has 0 amide bonds. The van der Waals surface area contributed by atoms with Gasteiger partial charge >= 0.3 is 0 Å². The summed E-state index contributed by atoms with van der Waals surface area (Å²) >= 11 is 0. The molecule has 172 valence electrons. The summed E-state index contributed by atoms with van der Waals surface area (Å²) in [6, 6.07) is 0.450. The minimum absolute atomic E-state index is 0.276. The van der Waals surface area contributed by atoms with Crippen LogP contribution in [-0.4, -0.2) is 48.9 Å². The molecule has 3 saturated heterocycles. The Bertz CT molecular complexity index is 642. The van der Waals surface area contributed by atoms with Crippen LogP contribution in [0.4, 0.5) is 0 Å². The Morgan fingerprint density at radius 2 is 1.70 bits per heavy atom. The molecule has 0 unspecified atom stereocenters. The van der Waals surface area contributed by atoms with Crippen LogP contribution in [-0.2, 0) is 28.4 Å². The molecule has 0 bridgehead atoms. The van der Waals surface area contributed by atoms with Gasteiger partial charge in [-0.1, -0.05) is 51.2 Å². The van der Waals surface area contributed by atoms with E-state index < -0.39 is 24.0 Å². The van der Waals surface area contributed by atoms with Gasteiger partial charge in [0.2, 0.25) is 0 Å². The fraction of sp³-hybridized carbons (Fsp3) is 0.875. The highest BCUT2D eigenvalue weighted by Gasteiger charge is 2.59. The fourth-order valence-corrected chi connectivity index (χ4v) is 4.23. The second-order valence-corrected chi connectivity index (χ2v) is 9.35. The fourth-order valence-electron chi connectivity index (χ4n) is 4.23. The highest BCUT2D eigenvalue weighted by molar-refractivity contribution is 5.00. The van der Waals surface area contributed by atoms with Crippen LogP contribution >= 0.6 is 0 Å². The molecule has 3 heterocycles. The number of ether oxygens (including phenoxy) is 6. The van der Waals surface area contributed by atoms with Crippen molar-refractivity contribution in [2.45, 2.75) is 128 Å². The second-order valence-electron chi connectivity index (χ2n) is 9.35. The van der Waals surface area contributed by atoms with Crippen LogP contribution in [0.1, 0.15) is 87.4 Å². The molecule has 0 aromatic heterocycles. The van der Waals surface area contributed by atoms with Crippen molar-refractivity contribution in [3.63, 3.8) is 0 Å². The molecule has 0 radical (unpaired) electrons. The second kappa shape index (κ2) is 10.6. The van der Waals surface area contributed by atoms with Crippen molar-refractivity contribution < 1.29 is 29.8 Å². The minimum Gasteiger partial charge on any atom is -0.484 e. The highest BCUT2D eigenvalue weighted by atomic mass is 16.8. The first-order chi connectivity index (χ1) is 14.7. The maximum absolute atomic E-state index is 8.13. The number of allylic oxidation sites excluding steroid dienone is 1. The number of rotatable bonds is 11. The maximum Gasteiger partial charge on any atom is 0.191 e. The Morgan fingerprint density at radius 3 is 2.40 bits per heavy atom. The van der Waals surface area contributed by atoms with Crippen molar-refractivity contribution in [1.29, 1.82) is 0 Å². The largest absolute Gasteiger partial charge is 0.484 e. The monoisotopic (exact) mass is 425 g/mol. The summed E-state index contributed by atoms with van der Waals surface area (Å²) in [6.45, 7) is 10.1. The quantitative estimate of drug-likeness (QED) is 0.257. The van der Waals surface area contributed by atoms with Crippen molar-refractivity contribution in [3.05, 3.63) is 18.0 Å². The van der Waals surface area contributed by atoms with Gasteiger partial charge in [-0.25, -0.2) is 0 Å². The summed E-state index contributed by atoms with van der Waals surface area (Å²) in [5, 5.41) is 0. The van der Waals surface area contributed by atoms with Crippen LogP contribution < -0.4 is 0 Å². The molecule has 3 aliphatic rings. The molecule has 0 aromatic carbocycles. The lowest BCUT2D eigenvalue weighted by atomic mass is 10.1.